The Morgan fingerprint density at radius 1 is 1.37 bits per heavy atom. The molecule has 0 spiro atoms. The summed E-state index contributed by atoms with van der Waals surface area (Å²) >= 11 is 9.24. The number of rotatable bonds is 7. The zero-order valence-corrected chi connectivity index (χ0v) is 14.2. The van der Waals surface area contributed by atoms with Gasteiger partial charge in [-0.25, -0.2) is 4.39 Å². The number of halogens is 3. The molecule has 0 fully saturated rings. The van der Waals surface area contributed by atoms with E-state index in [1.54, 1.807) is 6.07 Å². The third-order valence-electron chi connectivity index (χ3n) is 3.19. The van der Waals surface area contributed by atoms with Crippen molar-refractivity contribution in [2.75, 3.05) is 13.1 Å². The van der Waals surface area contributed by atoms with Crippen molar-refractivity contribution >= 4 is 27.5 Å². The van der Waals surface area contributed by atoms with Crippen molar-refractivity contribution in [2.24, 2.45) is 5.41 Å². The molecule has 19 heavy (non-hydrogen) atoms. The molecule has 108 valence electrons. The van der Waals surface area contributed by atoms with E-state index in [0.29, 0.717) is 21.5 Å². The fourth-order valence-corrected chi connectivity index (χ4v) is 2.42. The van der Waals surface area contributed by atoms with Crippen molar-refractivity contribution in [1.29, 1.82) is 0 Å². The summed E-state index contributed by atoms with van der Waals surface area (Å²) in [4.78, 5) is 0. The minimum Gasteiger partial charge on any atom is -0.316 e. The summed E-state index contributed by atoms with van der Waals surface area (Å²) < 4.78 is 14.4. The first kappa shape index (κ1) is 16.9. The van der Waals surface area contributed by atoms with E-state index in [-0.39, 0.29) is 11.2 Å². The molecule has 0 saturated heterocycles. The Labute approximate surface area is 129 Å². The third-order valence-corrected chi connectivity index (χ3v) is 4.39. The summed E-state index contributed by atoms with van der Waals surface area (Å²) in [7, 11) is 0. The van der Waals surface area contributed by atoms with E-state index in [0.717, 1.165) is 25.9 Å². The standard InChI is InChI=1S/C15H22BrClFN/c1-4-7-19-10-15(2,3)6-5-11-8-13(17)12(16)9-14(11)18/h8-9,19H,4-7,10H2,1-3H3. The smallest absolute Gasteiger partial charge is 0.127 e. The van der Waals surface area contributed by atoms with Crippen molar-refractivity contribution in [3.8, 4) is 0 Å². The van der Waals surface area contributed by atoms with Gasteiger partial charge in [0.25, 0.3) is 0 Å². The van der Waals surface area contributed by atoms with E-state index in [1.807, 2.05) is 0 Å². The Balaban J connectivity index is 2.58. The first-order valence-corrected chi connectivity index (χ1v) is 7.87. The average Bonchev–Trinajstić information content (AvgIpc) is 2.32. The molecule has 0 radical (unpaired) electrons. The molecule has 1 N–H and O–H groups in total. The minimum atomic E-state index is -0.186. The van der Waals surface area contributed by atoms with Crippen LogP contribution in [0.3, 0.4) is 0 Å². The number of benzene rings is 1. The summed E-state index contributed by atoms with van der Waals surface area (Å²) in [5.41, 5.74) is 0.845. The molecule has 1 aromatic carbocycles. The molecule has 0 saturated carbocycles. The van der Waals surface area contributed by atoms with Gasteiger partial charge in [0.2, 0.25) is 0 Å². The van der Waals surface area contributed by atoms with Gasteiger partial charge in [0.1, 0.15) is 5.82 Å². The van der Waals surface area contributed by atoms with Gasteiger partial charge in [-0.05, 0) is 64.8 Å². The van der Waals surface area contributed by atoms with Crippen LogP contribution in [0.25, 0.3) is 0 Å². The van der Waals surface area contributed by atoms with E-state index in [4.69, 9.17) is 11.6 Å². The molecule has 0 aliphatic heterocycles. The van der Waals surface area contributed by atoms with Crippen LogP contribution in [0.4, 0.5) is 4.39 Å². The van der Waals surface area contributed by atoms with Crippen molar-refractivity contribution in [3.63, 3.8) is 0 Å². The Bertz CT molecular complexity index is 421. The van der Waals surface area contributed by atoms with Gasteiger partial charge in [-0.1, -0.05) is 32.4 Å². The van der Waals surface area contributed by atoms with E-state index < -0.39 is 0 Å². The molecular weight excluding hydrogens is 329 g/mol. The summed E-state index contributed by atoms with van der Waals surface area (Å²) in [5, 5.41) is 3.99. The highest BCUT2D eigenvalue weighted by Gasteiger charge is 2.18. The third kappa shape index (κ3) is 5.80. The molecular formula is C15H22BrClFN. The summed E-state index contributed by atoms with van der Waals surface area (Å²) in [5.74, 6) is -0.186. The molecule has 0 aliphatic carbocycles. The second-order valence-corrected chi connectivity index (χ2v) is 6.96. The zero-order valence-electron chi connectivity index (χ0n) is 11.8. The quantitative estimate of drug-likeness (QED) is 0.526. The molecule has 0 unspecified atom stereocenters. The van der Waals surface area contributed by atoms with Gasteiger partial charge in [0.15, 0.2) is 0 Å². The highest BCUT2D eigenvalue weighted by molar-refractivity contribution is 9.10. The number of hydrogen-bond acceptors (Lipinski definition) is 1. The van der Waals surface area contributed by atoms with Crippen molar-refractivity contribution in [1.82, 2.24) is 5.32 Å². The van der Waals surface area contributed by atoms with Gasteiger partial charge in [-0.15, -0.1) is 0 Å². The SMILES string of the molecule is CCCNCC(C)(C)CCc1cc(Cl)c(Br)cc1F. The van der Waals surface area contributed by atoms with Crippen LogP contribution in [0.15, 0.2) is 16.6 Å². The molecule has 1 nitrogen and oxygen atoms in total. The molecule has 0 aliphatic rings. The second-order valence-electron chi connectivity index (χ2n) is 5.70. The Kier molecular flexibility index (Phi) is 6.78. The van der Waals surface area contributed by atoms with Crippen LogP contribution in [0.1, 0.15) is 39.2 Å². The van der Waals surface area contributed by atoms with E-state index in [9.17, 15) is 4.39 Å². The lowest BCUT2D eigenvalue weighted by Crippen LogP contribution is -2.30. The van der Waals surface area contributed by atoms with Crippen LogP contribution in [0.2, 0.25) is 5.02 Å². The minimum absolute atomic E-state index is 0.154. The molecule has 4 heteroatoms. The van der Waals surface area contributed by atoms with E-state index >= 15 is 0 Å². The molecule has 0 aromatic heterocycles. The topological polar surface area (TPSA) is 12.0 Å². The molecule has 1 aromatic rings. The molecule has 0 heterocycles. The van der Waals surface area contributed by atoms with Crippen LogP contribution >= 0.6 is 27.5 Å². The predicted octanol–water partition coefficient (Wildman–Crippen LogP) is 5.20. The number of nitrogens with one attached hydrogen (secondary N) is 1. The molecule has 0 amide bonds. The lowest BCUT2D eigenvalue weighted by atomic mass is 9.86. The first-order chi connectivity index (χ1) is 8.85. The fraction of sp³-hybridized carbons (Fsp3) is 0.600. The lowest BCUT2D eigenvalue weighted by molar-refractivity contribution is 0.314. The van der Waals surface area contributed by atoms with Crippen LogP contribution in [0.5, 0.6) is 0 Å². The average molecular weight is 351 g/mol. The number of hydrogen-bond donors (Lipinski definition) is 1. The van der Waals surface area contributed by atoms with Crippen LogP contribution in [0, 0.1) is 11.2 Å². The maximum atomic E-state index is 13.8. The van der Waals surface area contributed by atoms with Gasteiger partial charge in [0.05, 0.1) is 5.02 Å². The van der Waals surface area contributed by atoms with Gasteiger partial charge < -0.3 is 5.32 Å². The lowest BCUT2D eigenvalue weighted by Gasteiger charge is -2.25. The van der Waals surface area contributed by atoms with Gasteiger partial charge in [0, 0.05) is 11.0 Å². The highest BCUT2D eigenvalue weighted by atomic mass is 79.9. The van der Waals surface area contributed by atoms with Crippen LogP contribution in [-0.4, -0.2) is 13.1 Å². The second kappa shape index (κ2) is 7.61. The Hall–Kier alpha value is -0.120. The van der Waals surface area contributed by atoms with Gasteiger partial charge in [-0.2, -0.15) is 0 Å². The zero-order chi connectivity index (χ0) is 14.5. The first-order valence-electron chi connectivity index (χ1n) is 6.70. The number of aryl methyl sites for hydroxylation is 1. The normalized spacial score (nSPS) is 11.9. The maximum Gasteiger partial charge on any atom is 0.127 e. The van der Waals surface area contributed by atoms with Crippen molar-refractivity contribution in [3.05, 3.63) is 33.0 Å². The van der Waals surface area contributed by atoms with Crippen molar-refractivity contribution in [2.45, 2.75) is 40.0 Å². The fourth-order valence-electron chi connectivity index (χ4n) is 1.92. The van der Waals surface area contributed by atoms with Crippen LogP contribution < -0.4 is 5.32 Å². The Morgan fingerprint density at radius 2 is 2.05 bits per heavy atom. The molecule has 1 rings (SSSR count). The Morgan fingerprint density at radius 3 is 2.68 bits per heavy atom. The van der Waals surface area contributed by atoms with Gasteiger partial charge >= 0.3 is 0 Å². The predicted molar refractivity (Wildman–Crippen MR) is 84.4 cm³/mol. The monoisotopic (exact) mass is 349 g/mol. The summed E-state index contributed by atoms with van der Waals surface area (Å²) in [6, 6.07) is 3.16. The molecule has 0 bridgehead atoms. The summed E-state index contributed by atoms with van der Waals surface area (Å²) in [6.45, 7) is 8.54. The molecule has 0 atom stereocenters. The van der Waals surface area contributed by atoms with Crippen molar-refractivity contribution < 1.29 is 4.39 Å². The highest BCUT2D eigenvalue weighted by Crippen LogP contribution is 2.28. The maximum absolute atomic E-state index is 13.8. The van der Waals surface area contributed by atoms with Gasteiger partial charge in [-0.3, -0.25) is 0 Å². The summed E-state index contributed by atoms with van der Waals surface area (Å²) in [6.07, 6.45) is 2.77. The van der Waals surface area contributed by atoms with Crippen LogP contribution in [-0.2, 0) is 6.42 Å². The van der Waals surface area contributed by atoms with E-state index in [1.165, 1.54) is 6.07 Å². The largest absolute Gasteiger partial charge is 0.316 e. The van der Waals surface area contributed by atoms with E-state index in [2.05, 4.69) is 42.0 Å².